The Morgan fingerprint density at radius 3 is 2.25 bits per heavy atom. The van der Waals surface area contributed by atoms with Crippen molar-refractivity contribution in [2.75, 3.05) is 0 Å². The van der Waals surface area contributed by atoms with Gasteiger partial charge in [-0.2, -0.15) is 0 Å². The molecular weight excluding hydrogens is 144 g/mol. The van der Waals surface area contributed by atoms with Gasteiger partial charge in [0.15, 0.2) is 0 Å². The first-order chi connectivity index (χ1) is 5.49. The molecule has 0 aromatic carbocycles. The summed E-state index contributed by atoms with van der Waals surface area (Å²) in [7, 11) is 0. The normalized spacial score (nSPS) is 15.0. The molecule has 1 unspecified atom stereocenters. The van der Waals surface area contributed by atoms with E-state index < -0.39 is 0 Å². The summed E-state index contributed by atoms with van der Waals surface area (Å²) in [6.07, 6.45) is 9.03. The van der Waals surface area contributed by atoms with Gasteiger partial charge in [-0.05, 0) is 17.8 Å². The Kier molecular flexibility index (Phi) is 4.96. The number of allylic oxidation sites excluding steroid dienone is 3. The van der Waals surface area contributed by atoms with Crippen molar-refractivity contribution in [3.8, 4) is 0 Å². The summed E-state index contributed by atoms with van der Waals surface area (Å²) in [5.74, 6) is 0.564. The zero-order chi connectivity index (χ0) is 9.61. The van der Waals surface area contributed by atoms with Crippen molar-refractivity contribution in [2.45, 2.75) is 40.5 Å². The third-order valence-electron chi connectivity index (χ3n) is 1.77. The van der Waals surface area contributed by atoms with Crippen molar-refractivity contribution in [1.82, 2.24) is 0 Å². The molecule has 0 aliphatic heterocycles. The second-order valence-electron chi connectivity index (χ2n) is 4.41. The summed E-state index contributed by atoms with van der Waals surface area (Å²) in [4.78, 5) is 0. The lowest BCUT2D eigenvalue weighted by atomic mass is 9.93. The molecular formula is C12H22. The lowest BCUT2D eigenvalue weighted by Gasteiger charge is -2.13. The zero-order valence-electron chi connectivity index (χ0n) is 8.93. The minimum Gasteiger partial charge on any atom is -0.102 e. The van der Waals surface area contributed by atoms with Crippen LogP contribution in [-0.2, 0) is 0 Å². The highest BCUT2D eigenvalue weighted by atomic mass is 14.1. The van der Waals surface area contributed by atoms with Crippen LogP contribution in [0.2, 0.25) is 0 Å². The second kappa shape index (κ2) is 5.18. The maximum atomic E-state index is 3.83. The van der Waals surface area contributed by atoms with Crippen LogP contribution in [0.5, 0.6) is 0 Å². The zero-order valence-corrected chi connectivity index (χ0v) is 8.93. The number of hydrogen-bond acceptors (Lipinski definition) is 0. The summed E-state index contributed by atoms with van der Waals surface area (Å²) in [6, 6.07) is 0. The van der Waals surface area contributed by atoms with Gasteiger partial charge in [-0.1, -0.05) is 52.3 Å². The van der Waals surface area contributed by atoms with E-state index in [-0.39, 0.29) is 0 Å². The molecule has 0 saturated heterocycles. The molecule has 0 radical (unpaired) electrons. The van der Waals surface area contributed by atoms with Crippen LogP contribution >= 0.6 is 0 Å². The standard InChI is InChI=1S/C12H22/c1-6-8-11(7-2)9-10-12(3,4)5/h7,9-11H,2,6,8H2,1,3-5H3. The quantitative estimate of drug-likeness (QED) is 0.549. The summed E-state index contributed by atoms with van der Waals surface area (Å²) in [6.45, 7) is 12.7. The molecule has 0 amide bonds. The summed E-state index contributed by atoms with van der Waals surface area (Å²) < 4.78 is 0. The first kappa shape index (κ1) is 11.5. The lowest BCUT2D eigenvalue weighted by molar-refractivity contribution is 0.536. The van der Waals surface area contributed by atoms with Gasteiger partial charge in [-0.3, -0.25) is 0 Å². The predicted molar refractivity (Wildman–Crippen MR) is 57.2 cm³/mol. The van der Waals surface area contributed by atoms with E-state index in [0.29, 0.717) is 11.3 Å². The molecule has 0 rings (SSSR count). The van der Waals surface area contributed by atoms with Gasteiger partial charge in [0.2, 0.25) is 0 Å². The van der Waals surface area contributed by atoms with Gasteiger partial charge >= 0.3 is 0 Å². The molecule has 0 saturated carbocycles. The molecule has 0 aliphatic carbocycles. The molecule has 0 aromatic heterocycles. The Morgan fingerprint density at radius 2 is 1.92 bits per heavy atom. The molecule has 0 fully saturated rings. The molecule has 0 heterocycles. The van der Waals surface area contributed by atoms with E-state index in [1.54, 1.807) is 0 Å². The van der Waals surface area contributed by atoms with Gasteiger partial charge < -0.3 is 0 Å². The van der Waals surface area contributed by atoms with Crippen LogP contribution in [0.25, 0.3) is 0 Å². The first-order valence-corrected chi connectivity index (χ1v) is 4.81. The molecule has 0 N–H and O–H groups in total. The molecule has 12 heavy (non-hydrogen) atoms. The predicted octanol–water partition coefficient (Wildman–Crippen LogP) is 4.19. The van der Waals surface area contributed by atoms with Crippen LogP contribution in [0.4, 0.5) is 0 Å². The van der Waals surface area contributed by atoms with E-state index in [1.165, 1.54) is 12.8 Å². The smallest absolute Gasteiger partial charge is 0.00561 e. The minimum absolute atomic E-state index is 0.301. The molecule has 1 atom stereocenters. The molecule has 0 spiro atoms. The topological polar surface area (TPSA) is 0 Å². The fraction of sp³-hybridized carbons (Fsp3) is 0.667. The van der Waals surface area contributed by atoms with E-state index in [4.69, 9.17) is 0 Å². The van der Waals surface area contributed by atoms with Crippen molar-refractivity contribution in [3.05, 3.63) is 24.8 Å². The highest BCUT2D eigenvalue weighted by Crippen LogP contribution is 2.18. The van der Waals surface area contributed by atoms with Crippen LogP contribution in [0, 0.1) is 11.3 Å². The van der Waals surface area contributed by atoms with Gasteiger partial charge in [0.1, 0.15) is 0 Å². The number of rotatable bonds is 4. The Labute approximate surface area is 77.4 Å². The lowest BCUT2D eigenvalue weighted by Crippen LogP contribution is -2.00. The van der Waals surface area contributed by atoms with E-state index in [1.807, 2.05) is 6.08 Å². The third-order valence-corrected chi connectivity index (χ3v) is 1.77. The highest BCUT2D eigenvalue weighted by Gasteiger charge is 2.05. The van der Waals surface area contributed by atoms with Gasteiger partial charge in [0.05, 0.1) is 0 Å². The Morgan fingerprint density at radius 1 is 1.33 bits per heavy atom. The molecule has 0 aliphatic rings. The maximum absolute atomic E-state index is 3.83. The molecule has 0 aromatic rings. The van der Waals surface area contributed by atoms with Gasteiger partial charge in [0, 0.05) is 0 Å². The average molecular weight is 166 g/mol. The van der Waals surface area contributed by atoms with Crippen molar-refractivity contribution in [1.29, 1.82) is 0 Å². The first-order valence-electron chi connectivity index (χ1n) is 4.81. The molecule has 70 valence electrons. The molecule has 0 bridgehead atoms. The monoisotopic (exact) mass is 166 g/mol. The largest absolute Gasteiger partial charge is 0.102 e. The van der Waals surface area contributed by atoms with Crippen molar-refractivity contribution in [3.63, 3.8) is 0 Å². The Hall–Kier alpha value is -0.520. The van der Waals surface area contributed by atoms with Gasteiger partial charge in [0.25, 0.3) is 0 Å². The Balaban J connectivity index is 4.01. The fourth-order valence-corrected chi connectivity index (χ4v) is 1.04. The minimum atomic E-state index is 0.301. The van der Waals surface area contributed by atoms with Crippen molar-refractivity contribution < 1.29 is 0 Å². The SMILES string of the molecule is C=CC(C=CC(C)(C)C)CCC. The maximum Gasteiger partial charge on any atom is -0.00561 e. The van der Waals surface area contributed by atoms with E-state index in [0.717, 1.165) is 0 Å². The molecule has 0 nitrogen and oxygen atoms in total. The fourth-order valence-electron chi connectivity index (χ4n) is 1.04. The van der Waals surface area contributed by atoms with Gasteiger partial charge in [-0.25, -0.2) is 0 Å². The summed E-state index contributed by atoms with van der Waals surface area (Å²) in [5, 5.41) is 0. The molecule has 0 heteroatoms. The highest BCUT2D eigenvalue weighted by molar-refractivity contribution is 5.01. The van der Waals surface area contributed by atoms with Crippen LogP contribution < -0.4 is 0 Å². The average Bonchev–Trinajstić information content (AvgIpc) is 1.96. The van der Waals surface area contributed by atoms with Crippen LogP contribution in [0.1, 0.15) is 40.5 Å². The third kappa shape index (κ3) is 6.21. The summed E-state index contributed by atoms with van der Waals surface area (Å²) in [5.41, 5.74) is 0.301. The van der Waals surface area contributed by atoms with Crippen molar-refractivity contribution in [2.24, 2.45) is 11.3 Å². The van der Waals surface area contributed by atoms with E-state index >= 15 is 0 Å². The van der Waals surface area contributed by atoms with E-state index in [9.17, 15) is 0 Å². The van der Waals surface area contributed by atoms with Crippen LogP contribution in [0.3, 0.4) is 0 Å². The van der Waals surface area contributed by atoms with E-state index in [2.05, 4.69) is 46.4 Å². The van der Waals surface area contributed by atoms with Gasteiger partial charge in [-0.15, -0.1) is 6.58 Å². The summed E-state index contributed by atoms with van der Waals surface area (Å²) >= 11 is 0. The van der Waals surface area contributed by atoms with Crippen molar-refractivity contribution >= 4 is 0 Å². The van der Waals surface area contributed by atoms with Crippen LogP contribution in [-0.4, -0.2) is 0 Å². The number of hydrogen-bond donors (Lipinski definition) is 0. The van der Waals surface area contributed by atoms with Crippen LogP contribution in [0.15, 0.2) is 24.8 Å². The Bertz CT molecular complexity index is 146. The second-order valence-corrected chi connectivity index (χ2v) is 4.41.